The Morgan fingerprint density at radius 2 is 1.88 bits per heavy atom. The summed E-state index contributed by atoms with van der Waals surface area (Å²) in [7, 11) is 1.92. The molecule has 1 N–H and O–H groups in total. The molecule has 24 heavy (non-hydrogen) atoms. The second-order valence-corrected chi connectivity index (χ2v) is 5.38. The molecule has 6 nitrogen and oxygen atoms in total. The minimum absolute atomic E-state index is 0.233. The number of nitrogens with zero attached hydrogens (tertiary/aromatic N) is 3. The van der Waals surface area contributed by atoms with Crippen molar-refractivity contribution in [3.05, 3.63) is 78.0 Å². The van der Waals surface area contributed by atoms with Crippen molar-refractivity contribution in [2.45, 2.75) is 13.1 Å². The van der Waals surface area contributed by atoms with Gasteiger partial charge < -0.3 is 14.6 Å². The molecule has 0 atom stereocenters. The van der Waals surface area contributed by atoms with Gasteiger partial charge in [0.2, 0.25) is 5.95 Å². The summed E-state index contributed by atoms with van der Waals surface area (Å²) in [5.74, 6) is 1.04. The van der Waals surface area contributed by atoms with Gasteiger partial charge in [0.1, 0.15) is 5.76 Å². The van der Waals surface area contributed by atoms with Gasteiger partial charge in [-0.15, -0.1) is 0 Å². The van der Waals surface area contributed by atoms with Crippen LogP contribution in [0.2, 0.25) is 0 Å². The van der Waals surface area contributed by atoms with Crippen LogP contribution in [0.5, 0.6) is 0 Å². The topological polar surface area (TPSA) is 71.3 Å². The molecule has 0 saturated heterocycles. The molecule has 2 heterocycles. The number of furan rings is 1. The summed E-state index contributed by atoms with van der Waals surface area (Å²) >= 11 is 0. The lowest BCUT2D eigenvalue weighted by Crippen LogP contribution is -2.24. The number of hydrogen-bond donors (Lipinski definition) is 1. The predicted molar refractivity (Wildman–Crippen MR) is 90.5 cm³/mol. The van der Waals surface area contributed by atoms with Crippen LogP contribution in [0.25, 0.3) is 0 Å². The van der Waals surface area contributed by atoms with Crippen LogP contribution in [-0.4, -0.2) is 22.9 Å². The van der Waals surface area contributed by atoms with Crippen molar-refractivity contribution in [2.75, 3.05) is 11.9 Å². The van der Waals surface area contributed by atoms with Crippen molar-refractivity contribution < 1.29 is 9.21 Å². The Bertz CT molecular complexity index is 771. The highest BCUT2D eigenvalue weighted by Crippen LogP contribution is 2.10. The summed E-state index contributed by atoms with van der Waals surface area (Å²) in [6.07, 6.45) is 4.63. The summed E-state index contributed by atoms with van der Waals surface area (Å²) in [6.45, 7) is 1.03. The molecule has 0 bridgehead atoms. The summed E-state index contributed by atoms with van der Waals surface area (Å²) < 4.78 is 5.17. The number of hydrogen-bond acceptors (Lipinski definition) is 5. The number of rotatable bonds is 6. The minimum Gasteiger partial charge on any atom is -0.467 e. The fraction of sp³-hybridized carbons (Fsp3) is 0.167. The fourth-order valence-corrected chi connectivity index (χ4v) is 2.25. The maximum absolute atomic E-state index is 12.1. The first kappa shape index (κ1) is 15.7. The normalized spacial score (nSPS) is 10.4. The zero-order chi connectivity index (χ0) is 16.8. The van der Waals surface area contributed by atoms with E-state index in [1.165, 1.54) is 18.0 Å². The molecule has 3 rings (SSSR count). The van der Waals surface area contributed by atoms with Crippen LogP contribution in [0, 0.1) is 0 Å². The van der Waals surface area contributed by atoms with E-state index in [0.717, 1.165) is 0 Å². The fourth-order valence-electron chi connectivity index (χ4n) is 2.25. The maximum Gasteiger partial charge on any atom is 0.254 e. The number of carbonyl (C=O) groups excluding carboxylic acids is 1. The Kier molecular flexibility index (Phi) is 4.86. The van der Waals surface area contributed by atoms with E-state index in [0.29, 0.717) is 30.4 Å². The summed E-state index contributed by atoms with van der Waals surface area (Å²) in [5, 5.41) is 2.76. The third-order valence-electron chi connectivity index (χ3n) is 3.51. The van der Waals surface area contributed by atoms with Gasteiger partial charge in [-0.3, -0.25) is 4.79 Å². The number of amides is 1. The summed E-state index contributed by atoms with van der Waals surface area (Å²) in [6, 6.07) is 13.7. The van der Waals surface area contributed by atoms with Gasteiger partial charge in [-0.2, -0.15) is 0 Å². The van der Waals surface area contributed by atoms with Gasteiger partial charge in [0, 0.05) is 26.0 Å². The Hall–Kier alpha value is -3.15. The molecular weight excluding hydrogens is 304 g/mol. The first-order chi connectivity index (χ1) is 11.7. The van der Waals surface area contributed by atoms with Crippen molar-refractivity contribution in [3.63, 3.8) is 0 Å². The molecule has 0 aliphatic rings. The molecule has 0 fully saturated rings. The summed E-state index contributed by atoms with van der Waals surface area (Å²) in [4.78, 5) is 22.5. The van der Waals surface area contributed by atoms with Crippen LogP contribution in [0.3, 0.4) is 0 Å². The average molecular weight is 322 g/mol. The van der Waals surface area contributed by atoms with Crippen LogP contribution in [0.1, 0.15) is 21.7 Å². The second-order valence-electron chi connectivity index (χ2n) is 5.38. The van der Waals surface area contributed by atoms with Crippen LogP contribution in [0.4, 0.5) is 5.95 Å². The molecule has 3 aromatic rings. The van der Waals surface area contributed by atoms with E-state index >= 15 is 0 Å². The monoisotopic (exact) mass is 322 g/mol. The van der Waals surface area contributed by atoms with E-state index in [2.05, 4.69) is 15.3 Å². The lowest BCUT2D eigenvalue weighted by Gasteiger charge is -2.17. The second kappa shape index (κ2) is 7.41. The molecule has 122 valence electrons. The minimum atomic E-state index is -0.233. The van der Waals surface area contributed by atoms with E-state index in [1.807, 2.05) is 42.3 Å². The third-order valence-corrected chi connectivity index (χ3v) is 3.51. The van der Waals surface area contributed by atoms with Crippen LogP contribution in [0.15, 0.2) is 65.5 Å². The molecule has 1 aromatic carbocycles. The standard InChI is InChI=1S/C18H18N4O2/c1-22(13-14-6-3-2-4-7-14)18-20-10-15(11-21-18)17(23)19-12-16-8-5-9-24-16/h2-11H,12-13H2,1H3,(H,19,23). The molecule has 0 saturated carbocycles. The Morgan fingerprint density at radius 3 is 2.54 bits per heavy atom. The quantitative estimate of drug-likeness (QED) is 0.755. The molecule has 0 unspecified atom stereocenters. The van der Waals surface area contributed by atoms with E-state index in [-0.39, 0.29) is 5.91 Å². The number of aromatic nitrogens is 2. The van der Waals surface area contributed by atoms with Gasteiger partial charge >= 0.3 is 0 Å². The molecule has 0 radical (unpaired) electrons. The predicted octanol–water partition coefficient (Wildman–Crippen LogP) is 2.64. The van der Waals surface area contributed by atoms with Crippen LogP contribution in [-0.2, 0) is 13.1 Å². The largest absolute Gasteiger partial charge is 0.467 e. The molecule has 1 amide bonds. The van der Waals surface area contributed by atoms with Crippen molar-refractivity contribution in [3.8, 4) is 0 Å². The number of benzene rings is 1. The van der Waals surface area contributed by atoms with Crippen molar-refractivity contribution in [1.82, 2.24) is 15.3 Å². The van der Waals surface area contributed by atoms with Crippen molar-refractivity contribution in [1.29, 1.82) is 0 Å². The van der Waals surface area contributed by atoms with Crippen molar-refractivity contribution >= 4 is 11.9 Å². The summed E-state index contributed by atoms with van der Waals surface area (Å²) in [5.41, 5.74) is 1.59. The van der Waals surface area contributed by atoms with Crippen LogP contribution < -0.4 is 10.2 Å². The lowest BCUT2D eigenvalue weighted by molar-refractivity contribution is 0.0947. The Balaban J connectivity index is 1.59. The number of anilines is 1. The van der Waals surface area contributed by atoms with Gasteiger partial charge in [0.25, 0.3) is 5.91 Å². The van der Waals surface area contributed by atoms with E-state index in [1.54, 1.807) is 18.4 Å². The zero-order valence-electron chi connectivity index (χ0n) is 13.3. The molecule has 0 spiro atoms. The third kappa shape index (κ3) is 3.98. The van der Waals surface area contributed by atoms with Crippen LogP contribution >= 0.6 is 0 Å². The molecular formula is C18H18N4O2. The highest BCUT2D eigenvalue weighted by atomic mass is 16.3. The highest BCUT2D eigenvalue weighted by molar-refractivity contribution is 5.93. The van der Waals surface area contributed by atoms with Gasteiger partial charge in [-0.25, -0.2) is 9.97 Å². The van der Waals surface area contributed by atoms with E-state index in [9.17, 15) is 4.79 Å². The Morgan fingerprint density at radius 1 is 1.12 bits per heavy atom. The maximum atomic E-state index is 12.1. The SMILES string of the molecule is CN(Cc1ccccc1)c1ncc(C(=O)NCc2ccco2)cn1. The average Bonchev–Trinajstić information content (AvgIpc) is 3.14. The molecule has 2 aromatic heterocycles. The molecule has 0 aliphatic carbocycles. The zero-order valence-corrected chi connectivity index (χ0v) is 13.3. The number of nitrogens with one attached hydrogen (secondary N) is 1. The smallest absolute Gasteiger partial charge is 0.254 e. The Labute approximate surface area is 140 Å². The van der Waals surface area contributed by atoms with Crippen molar-refractivity contribution in [2.24, 2.45) is 0 Å². The van der Waals surface area contributed by atoms with E-state index < -0.39 is 0 Å². The van der Waals surface area contributed by atoms with Gasteiger partial charge in [0.15, 0.2) is 0 Å². The first-order valence-electron chi connectivity index (χ1n) is 7.60. The molecule has 6 heteroatoms. The lowest BCUT2D eigenvalue weighted by atomic mass is 10.2. The number of carbonyl (C=O) groups is 1. The van der Waals surface area contributed by atoms with Gasteiger partial charge in [0.05, 0.1) is 18.4 Å². The highest BCUT2D eigenvalue weighted by Gasteiger charge is 2.10. The van der Waals surface area contributed by atoms with Gasteiger partial charge in [-0.05, 0) is 17.7 Å². The first-order valence-corrected chi connectivity index (χ1v) is 7.60. The van der Waals surface area contributed by atoms with Gasteiger partial charge in [-0.1, -0.05) is 30.3 Å². The van der Waals surface area contributed by atoms with E-state index in [4.69, 9.17) is 4.42 Å². The molecule has 0 aliphatic heterocycles.